The van der Waals surface area contributed by atoms with Crippen molar-refractivity contribution in [1.82, 2.24) is 14.5 Å². The number of esters is 2. The van der Waals surface area contributed by atoms with Gasteiger partial charge in [-0.15, -0.1) is 0 Å². The van der Waals surface area contributed by atoms with Gasteiger partial charge >= 0.3 is 18.0 Å². The number of nitro benzene ring substituents is 1. The van der Waals surface area contributed by atoms with Gasteiger partial charge in [0, 0.05) is 51.3 Å². The molecule has 0 radical (unpaired) electrons. The fourth-order valence-electron chi connectivity index (χ4n) is 8.24. The molecule has 0 spiro atoms. The molecule has 1 aliphatic heterocycles. The second-order valence-corrected chi connectivity index (χ2v) is 18.3. The zero-order chi connectivity index (χ0) is 50.8. The molecule has 71 heavy (non-hydrogen) atoms. The van der Waals surface area contributed by atoms with E-state index in [0.717, 1.165) is 17.7 Å². The van der Waals surface area contributed by atoms with Gasteiger partial charge in [-0.2, -0.15) is 0 Å². The van der Waals surface area contributed by atoms with E-state index < -0.39 is 68.0 Å². The van der Waals surface area contributed by atoms with E-state index in [4.69, 9.17) is 23.7 Å². The molecule has 5 aromatic carbocycles. The summed E-state index contributed by atoms with van der Waals surface area (Å²) < 4.78 is 58.3. The number of rotatable bonds is 26. The van der Waals surface area contributed by atoms with Gasteiger partial charge in [0.25, 0.3) is 5.69 Å². The summed E-state index contributed by atoms with van der Waals surface area (Å²) in [7, 11) is -3.21. The van der Waals surface area contributed by atoms with Crippen LogP contribution in [-0.4, -0.2) is 98.7 Å². The number of amides is 2. The van der Waals surface area contributed by atoms with Gasteiger partial charge in [-0.1, -0.05) is 97.1 Å². The first-order valence-electron chi connectivity index (χ1n) is 23.2. The van der Waals surface area contributed by atoms with Gasteiger partial charge in [0.2, 0.25) is 15.9 Å². The minimum absolute atomic E-state index is 0.0512. The Morgan fingerprint density at radius 2 is 1.45 bits per heavy atom. The molecular formula is C52H58N4O14S. The van der Waals surface area contributed by atoms with E-state index in [9.17, 15) is 38.0 Å². The van der Waals surface area contributed by atoms with E-state index in [-0.39, 0.29) is 58.3 Å². The van der Waals surface area contributed by atoms with Crippen molar-refractivity contribution in [2.45, 2.75) is 75.2 Å². The van der Waals surface area contributed by atoms with Crippen molar-refractivity contribution in [3.63, 3.8) is 0 Å². The number of nitrogens with zero attached hydrogens (tertiary/aromatic N) is 3. The van der Waals surface area contributed by atoms with Gasteiger partial charge in [0.05, 0.1) is 31.1 Å². The molecule has 6 rings (SSSR count). The van der Waals surface area contributed by atoms with Gasteiger partial charge in [-0.05, 0) is 72.2 Å². The van der Waals surface area contributed by atoms with Crippen LogP contribution in [-0.2, 0) is 51.8 Å². The third-order valence-corrected chi connectivity index (χ3v) is 13.2. The maximum Gasteiger partial charge on any atom is 0.410 e. The summed E-state index contributed by atoms with van der Waals surface area (Å²) in [4.78, 5) is 68.4. The fourth-order valence-corrected chi connectivity index (χ4v) is 9.49. The Kier molecular flexibility index (Phi) is 19.4. The number of hydrogen-bond acceptors (Lipinski definition) is 14. The first-order valence-corrected chi connectivity index (χ1v) is 24.7. The molecule has 0 saturated carbocycles. The van der Waals surface area contributed by atoms with Crippen molar-refractivity contribution < 1.29 is 61.3 Å². The highest BCUT2D eigenvalue weighted by Gasteiger charge is 2.46. The number of carbonyl (C=O) groups is 4. The van der Waals surface area contributed by atoms with Gasteiger partial charge < -0.3 is 38.6 Å². The van der Waals surface area contributed by atoms with E-state index in [1.165, 1.54) is 31.1 Å². The Bertz CT molecular complexity index is 2690. The lowest BCUT2D eigenvalue weighted by molar-refractivity contribution is -0.387. The number of nitro groups is 1. The molecule has 0 fully saturated rings. The van der Waals surface area contributed by atoms with Crippen LogP contribution in [0.2, 0.25) is 0 Å². The summed E-state index contributed by atoms with van der Waals surface area (Å²) in [6.45, 7) is 1.31. The zero-order valence-electron chi connectivity index (χ0n) is 39.6. The van der Waals surface area contributed by atoms with Crippen molar-refractivity contribution in [1.29, 1.82) is 0 Å². The lowest BCUT2D eigenvalue weighted by atomic mass is 9.84. The number of sulfonamides is 1. The average molecular weight is 995 g/mol. The number of ether oxygens (including phenoxy) is 5. The molecule has 3 atom stereocenters. The topological polar surface area (TPSA) is 230 Å². The van der Waals surface area contributed by atoms with Crippen molar-refractivity contribution in [3.05, 3.63) is 165 Å². The van der Waals surface area contributed by atoms with Crippen LogP contribution in [0, 0.1) is 10.1 Å². The normalized spacial score (nSPS) is 14.3. The lowest BCUT2D eigenvalue weighted by Crippen LogP contribution is -2.41. The highest BCUT2D eigenvalue weighted by Crippen LogP contribution is 2.51. The predicted octanol–water partition coefficient (Wildman–Crippen LogP) is 7.56. The molecule has 2 amide bonds. The third-order valence-electron chi connectivity index (χ3n) is 11.7. The molecular weight excluding hydrogens is 937 g/mol. The number of fused-ring (bicyclic) bond motifs is 1. The van der Waals surface area contributed by atoms with Crippen LogP contribution in [0.15, 0.2) is 132 Å². The number of aliphatic hydroxyl groups excluding tert-OH is 1. The SMILES string of the molecule is COC(=O)C[C@@H](c1cccc2c1[C@@H](C(=O)N(CCCCO)CCCOC(C)=O)[C@H](c1ccc(OCc3ccccc3)cc1)O2)N(CCCNS(=O)(=O)c1ccccc1[N+](=O)[O-])C(=O)OCc1ccccc1. The molecule has 0 unspecified atom stereocenters. The highest BCUT2D eigenvalue weighted by molar-refractivity contribution is 7.89. The van der Waals surface area contributed by atoms with E-state index in [2.05, 4.69) is 4.72 Å². The van der Waals surface area contributed by atoms with Crippen LogP contribution in [0.25, 0.3) is 0 Å². The molecule has 2 N–H and O–H groups in total. The third kappa shape index (κ3) is 14.6. The smallest absolute Gasteiger partial charge is 0.410 e. The Morgan fingerprint density at radius 1 is 0.789 bits per heavy atom. The summed E-state index contributed by atoms with van der Waals surface area (Å²) in [6, 6.07) is 34.5. The van der Waals surface area contributed by atoms with Crippen molar-refractivity contribution >= 4 is 39.6 Å². The van der Waals surface area contributed by atoms with Crippen molar-refractivity contribution in [2.75, 3.05) is 46.5 Å². The number of carbonyl (C=O) groups excluding carboxylic acids is 4. The molecule has 0 aromatic heterocycles. The molecule has 0 bridgehead atoms. The first-order chi connectivity index (χ1) is 34.3. The van der Waals surface area contributed by atoms with Gasteiger partial charge in [-0.25, -0.2) is 17.9 Å². The zero-order valence-corrected chi connectivity index (χ0v) is 40.4. The summed E-state index contributed by atoms with van der Waals surface area (Å²) in [5.41, 5.74) is 2.36. The number of nitrogens with one attached hydrogen (secondary N) is 1. The van der Waals surface area contributed by atoms with E-state index in [1.807, 2.05) is 30.3 Å². The van der Waals surface area contributed by atoms with Gasteiger partial charge in [-0.3, -0.25) is 24.5 Å². The molecule has 18 nitrogen and oxygen atoms in total. The highest BCUT2D eigenvalue weighted by atomic mass is 32.2. The van der Waals surface area contributed by atoms with Crippen LogP contribution in [0.1, 0.15) is 84.9 Å². The molecule has 376 valence electrons. The van der Waals surface area contributed by atoms with Gasteiger partial charge in [0.15, 0.2) is 4.90 Å². The molecule has 0 aliphatic carbocycles. The summed E-state index contributed by atoms with van der Waals surface area (Å²) >= 11 is 0. The Labute approximate surface area is 412 Å². The predicted molar refractivity (Wildman–Crippen MR) is 260 cm³/mol. The standard InChI is InChI=1S/C52H58N4O14S/c1-37(58)67-33-15-30-54(29-11-12-32-57)51(60)49-48-42(20-13-22-45(48)70-50(49)40-24-26-41(27-25-40)68-35-38-16-5-3-6-17-38)44(34-47(59)66-2)55(52(61)69-36-39-18-7-4-8-19-39)31-14-28-53-71(64,65)46-23-10-9-21-43(46)56(62)63/h3-10,13,16-27,44,49-50,53,57H,11-12,14-15,28-36H2,1-2H3/t44-,49+,50-/m0/s1. The number of para-hydroxylation sites is 1. The maximum absolute atomic E-state index is 15.4. The average Bonchev–Trinajstić information content (AvgIpc) is 3.78. The minimum Gasteiger partial charge on any atom is -0.489 e. The van der Waals surface area contributed by atoms with E-state index >= 15 is 4.79 Å². The van der Waals surface area contributed by atoms with Crippen molar-refractivity contribution in [3.8, 4) is 11.5 Å². The summed E-state index contributed by atoms with van der Waals surface area (Å²) in [5, 5.41) is 21.4. The largest absolute Gasteiger partial charge is 0.489 e. The van der Waals surface area contributed by atoms with Crippen LogP contribution < -0.4 is 14.2 Å². The molecule has 5 aromatic rings. The fraction of sp³-hybridized carbons (Fsp3) is 0.346. The Hall–Kier alpha value is -7.35. The van der Waals surface area contributed by atoms with Crippen LogP contribution >= 0.6 is 0 Å². The molecule has 0 saturated heterocycles. The van der Waals surface area contributed by atoms with Gasteiger partial charge in [0.1, 0.15) is 36.7 Å². The number of aliphatic hydroxyl groups is 1. The van der Waals surface area contributed by atoms with Crippen molar-refractivity contribution in [2.24, 2.45) is 0 Å². The summed E-state index contributed by atoms with van der Waals surface area (Å²) in [6.07, 6.45) is -1.15. The molecule has 1 aliphatic rings. The Morgan fingerprint density at radius 3 is 2.11 bits per heavy atom. The first kappa shape index (κ1) is 53.0. The lowest BCUT2D eigenvalue weighted by Gasteiger charge is -2.33. The number of methoxy groups -OCH3 is 1. The second kappa shape index (κ2) is 26.0. The second-order valence-electron chi connectivity index (χ2n) is 16.6. The van der Waals surface area contributed by atoms with Crippen LogP contribution in [0.5, 0.6) is 11.5 Å². The number of benzene rings is 5. The van der Waals surface area contributed by atoms with Crippen LogP contribution in [0.3, 0.4) is 0 Å². The number of unbranched alkanes of at least 4 members (excludes halogenated alkanes) is 1. The minimum atomic E-state index is -4.41. The summed E-state index contributed by atoms with van der Waals surface area (Å²) in [5.74, 6) is -1.77. The number of hydrogen-bond donors (Lipinski definition) is 2. The van der Waals surface area contributed by atoms with E-state index in [1.54, 1.807) is 77.7 Å². The molecule has 1 heterocycles. The molecule has 19 heteroatoms. The maximum atomic E-state index is 15.4. The quantitative estimate of drug-likeness (QED) is 0.0179. The Balaban J connectivity index is 1.40. The van der Waals surface area contributed by atoms with Crippen LogP contribution in [0.4, 0.5) is 10.5 Å². The van der Waals surface area contributed by atoms with E-state index in [0.29, 0.717) is 59.6 Å². The monoisotopic (exact) mass is 994 g/mol.